The normalized spacial score (nSPS) is 11.1. The van der Waals surface area contributed by atoms with Gasteiger partial charge in [-0.15, -0.1) is 11.3 Å². The number of rotatable bonds is 4. The molecule has 7 nitrogen and oxygen atoms in total. The van der Waals surface area contributed by atoms with Gasteiger partial charge in [0.2, 0.25) is 5.91 Å². The van der Waals surface area contributed by atoms with Gasteiger partial charge in [0, 0.05) is 15.7 Å². The van der Waals surface area contributed by atoms with E-state index in [1.54, 1.807) is 37.3 Å². The highest BCUT2D eigenvalue weighted by Gasteiger charge is 2.19. The molecule has 1 N–H and O–H groups in total. The fourth-order valence-corrected chi connectivity index (χ4v) is 4.14. The van der Waals surface area contributed by atoms with Crippen molar-refractivity contribution in [2.24, 2.45) is 0 Å². The van der Waals surface area contributed by atoms with Crippen molar-refractivity contribution in [2.75, 3.05) is 5.32 Å². The van der Waals surface area contributed by atoms with Gasteiger partial charge in [0.25, 0.3) is 5.56 Å². The number of anilines is 1. The minimum absolute atomic E-state index is 0.252. The number of nitrogens with one attached hydrogen (secondary N) is 1. The molecule has 3 aromatic heterocycles. The van der Waals surface area contributed by atoms with Crippen LogP contribution in [0.15, 0.2) is 45.8 Å². The predicted octanol–water partition coefficient (Wildman–Crippen LogP) is 4.37. The average molecular weight is 435 g/mol. The lowest BCUT2D eigenvalue weighted by Gasteiger charge is -2.09. The first-order valence-corrected chi connectivity index (χ1v) is 9.66. The quantitative estimate of drug-likeness (QED) is 0.514. The van der Waals surface area contributed by atoms with E-state index in [0.29, 0.717) is 31.9 Å². The van der Waals surface area contributed by atoms with E-state index in [1.165, 1.54) is 17.6 Å². The summed E-state index contributed by atoms with van der Waals surface area (Å²) in [5.74, 6) is 0.0362. The Bertz CT molecular complexity index is 1230. The molecular weight excluding hydrogens is 423 g/mol. The molecule has 142 valence electrons. The third-order valence-corrected chi connectivity index (χ3v) is 5.22. The summed E-state index contributed by atoms with van der Waals surface area (Å²) in [4.78, 5) is 29.5. The highest BCUT2D eigenvalue weighted by molar-refractivity contribution is 7.19. The molecule has 0 aliphatic heterocycles. The monoisotopic (exact) mass is 434 g/mol. The zero-order valence-electron chi connectivity index (χ0n) is 14.4. The van der Waals surface area contributed by atoms with Gasteiger partial charge in [-0.25, -0.2) is 9.67 Å². The fourth-order valence-electron chi connectivity index (χ4n) is 2.71. The molecule has 28 heavy (non-hydrogen) atoms. The van der Waals surface area contributed by atoms with Crippen LogP contribution in [0.5, 0.6) is 0 Å². The van der Waals surface area contributed by atoms with Gasteiger partial charge in [0.1, 0.15) is 12.2 Å². The maximum Gasteiger partial charge on any atom is 0.294 e. The number of aryl methyl sites for hydroxylation is 1. The van der Waals surface area contributed by atoms with E-state index in [1.807, 2.05) is 0 Å². The molecule has 0 unspecified atom stereocenters. The molecule has 0 saturated heterocycles. The second-order valence-electron chi connectivity index (χ2n) is 5.91. The van der Waals surface area contributed by atoms with Gasteiger partial charge in [0.05, 0.1) is 16.0 Å². The van der Waals surface area contributed by atoms with E-state index in [-0.39, 0.29) is 12.1 Å². The van der Waals surface area contributed by atoms with Gasteiger partial charge in [-0.05, 0) is 37.3 Å². The molecule has 0 saturated carbocycles. The number of aromatic nitrogens is 3. The maximum absolute atomic E-state index is 12.8. The Balaban J connectivity index is 1.71. The number of carbonyl (C=O) groups is 1. The van der Waals surface area contributed by atoms with E-state index in [2.05, 4.69) is 15.4 Å². The van der Waals surface area contributed by atoms with Gasteiger partial charge in [0.15, 0.2) is 11.3 Å². The lowest BCUT2D eigenvalue weighted by molar-refractivity contribution is -0.117. The Morgan fingerprint density at radius 1 is 1.29 bits per heavy atom. The van der Waals surface area contributed by atoms with Gasteiger partial charge in [-0.2, -0.15) is 5.10 Å². The van der Waals surface area contributed by atoms with Crippen LogP contribution < -0.4 is 10.9 Å². The van der Waals surface area contributed by atoms with E-state index >= 15 is 0 Å². The number of halogens is 2. The summed E-state index contributed by atoms with van der Waals surface area (Å²) in [5.41, 5.74) is 0.688. The lowest BCUT2D eigenvalue weighted by Crippen LogP contribution is -2.30. The van der Waals surface area contributed by atoms with Crippen molar-refractivity contribution in [1.82, 2.24) is 14.8 Å². The van der Waals surface area contributed by atoms with Crippen LogP contribution in [0.1, 0.15) is 5.01 Å². The van der Waals surface area contributed by atoms with Crippen molar-refractivity contribution in [2.45, 2.75) is 13.5 Å². The first-order chi connectivity index (χ1) is 13.4. The lowest BCUT2D eigenvalue weighted by atomic mass is 10.3. The van der Waals surface area contributed by atoms with Crippen LogP contribution in [0, 0.1) is 6.92 Å². The number of hydrogen-bond donors (Lipinski definition) is 1. The molecule has 0 radical (unpaired) electrons. The average Bonchev–Trinajstić information content (AvgIpc) is 3.26. The summed E-state index contributed by atoms with van der Waals surface area (Å²) in [6.45, 7) is 1.50. The first-order valence-electron chi connectivity index (χ1n) is 8.09. The third-order valence-electron chi connectivity index (χ3n) is 3.80. The molecule has 1 amide bonds. The number of nitrogens with zero attached hydrogens (tertiary/aromatic N) is 3. The molecule has 0 aliphatic carbocycles. The maximum atomic E-state index is 12.8. The van der Waals surface area contributed by atoms with Crippen LogP contribution in [0.3, 0.4) is 0 Å². The Morgan fingerprint density at radius 3 is 2.71 bits per heavy atom. The molecule has 10 heteroatoms. The molecular formula is C18H12Cl2N4O3S. The van der Waals surface area contributed by atoms with Crippen molar-refractivity contribution in [3.63, 3.8) is 0 Å². The summed E-state index contributed by atoms with van der Waals surface area (Å²) >= 11 is 13.2. The predicted molar refractivity (Wildman–Crippen MR) is 109 cm³/mol. The van der Waals surface area contributed by atoms with Crippen molar-refractivity contribution >= 4 is 56.3 Å². The molecule has 4 aromatic rings. The fraction of sp³-hybridized carbons (Fsp3) is 0.111. The van der Waals surface area contributed by atoms with E-state index in [4.69, 9.17) is 27.6 Å². The number of hydrogen-bond acceptors (Lipinski definition) is 6. The SMILES string of the molecule is Cc1nc2c(=O)n(CC(=O)Nc3cc(Cl)cc(Cl)c3)nc(-c3ccco3)c2s1. The zero-order chi connectivity index (χ0) is 19.8. The van der Waals surface area contributed by atoms with Gasteiger partial charge < -0.3 is 9.73 Å². The summed E-state index contributed by atoms with van der Waals surface area (Å²) < 4.78 is 7.12. The number of carbonyl (C=O) groups excluding carboxylic acids is 1. The van der Waals surface area contributed by atoms with Crippen molar-refractivity contribution < 1.29 is 9.21 Å². The highest BCUT2D eigenvalue weighted by atomic mass is 35.5. The van der Waals surface area contributed by atoms with Crippen molar-refractivity contribution in [3.05, 3.63) is 62.0 Å². The van der Waals surface area contributed by atoms with Crippen LogP contribution in [-0.2, 0) is 11.3 Å². The molecule has 4 rings (SSSR count). The Labute approximate surface area is 172 Å². The molecule has 0 spiro atoms. The van der Waals surface area contributed by atoms with Crippen molar-refractivity contribution in [3.8, 4) is 11.5 Å². The number of benzene rings is 1. The van der Waals surface area contributed by atoms with E-state index in [0.717, 1.165) is 9.69 Å². The van der Waals surface area contributed by atoms with Gasteiger partial charge in [-0.3, -0.25) is 9.59 Å². The summed E-state index contributed by atoms with van der Waals surface area (Å²) in [7, 11) is 0. The molecule has 0 fully saturated rings. The molecule has 0 aliphatic rings. The van der Waals surface area contributed by atoms with Crippen LogP contribution in [0.25, 0.3) is 21.7 Å². The van der Waals surface area contributed by atoms with E-state index < -0.39 is 11.5 Å². The standard InChI is InChI=1S/C18H12Cl2N4O3S/c1-9-21-16-17(28-9)15(13-3-2-4-27-13)23-24(18(16)26)8-14(25)22-12-6-10(19)5-11(20)7-12/h2-7H,8H2,1H3,(H,22,25). The molecule has 0 bridgehead atoms. The third kappa shape index (κ3) is 3.66. The number of amides is 1. The summed E-state index contributed by atoms with van der Waals surface area (Å²) in [6, 6.07) is 8.13. The van der Waals surface area contributed by atoms with Crippen LogP contribution >= 0.6 is 34.5 Å². The first kappa shape index (κ1) is 18.7. The van der Waals surface area contributed by atoms with Crippen LogP contribution in [-0.4, -0.2) is 20.7 Å². The topological polar surface area (TPSA) is 90.0 Å². The van der Waals surface area contributed by atoms with Crippen LogP contribution in [0.2, 0.25) is 10.0 Å². The van der Waals surface area contributed by atoms with Gasteiger partial charge in [-0.1, -0.05) is 23.2 Å². The van der Waals surface area contributed by atoms with Crippen LogP contribution in [0.4, 0.5) is 5.69 Å². The van der Waals surface area contributed by atoms with E-state index in [9.17, 15) is 9.59 Å². The largest absolute Gasteiger partial charge is 0.463 e. The minimum Gasteiger partial charge on any atom is -0.463 e. The smallest absolute Gasteiger partial charge is 0.294 e. The zero-order valence-corrected chi connectivity index (χ0v) is 16.7. The number of fused-ring (bicyclic) bond motifs is 1. The van der Waals surface area contributed by atoms with Crippen molar-refractivity contribution in [1.29, 1.82) is 0 Å². The molecule has 1 aromatic carbocycles. The second kappa shape index (κ2) is 7.38. The summed E-state index contributed by atoms with van der Waals surface area (Å²) in [6.07, 6.45) is 1.52. The Morgan fingerprint density at radius 2 is 2.04 bits per heavy atom. The molecule has 3 heterocycles. The molecule has 0 atom stereocenters. The highest BCUT2D eigenvalue weighted by Crippen LogP contribution is 2.29. The Kier molecular flexibility index (Phi) is 4.92. The Hall–Kier alpha value is -2.68. The second-order valence-corrected chi connectivity index (χ2v) is 7.98. The summed E-state index contributed by atoms with van der Waals surface area (Å²) in [5, 5.41) is 8.49. The number of thiazole rings is 1. The number of furan rings is 1. The van der Waals surface area contributed by atoms with Gasteiger partial charge >= 0.3 is 0 Å². The minimum atomic E-state index is -0.454.